The van der Waals surface area contributed by atoms with Gasteiger partial charge in [0, 0.05) is 0 Å². The number of nitrogens with one attached hydrogen (secondary N) is 1. The number of hydrogen-bond acceptors (Lipinski definition) is 3. The zero-order valence-electron chi connectivity index (χ0n) is 8.50. The van der Waals surface area contributed by atoms with E-state index >= 15 is 0 Å². The standard InChI is InChI=1S/C9H11BrFNO3S/c1-6-4-7(10)8(11)5-9(6)12-16(14,15)3-2-13/h4-5,12-13H,2-3H2,1H3. The van der Waals surface area contributed by atoms with Crippen LogP contribution in [-0.4, -0.2) is 25.9 Å². The zero-order valence-corrected chi connectivity index (χ0v) is 10.9. The van der Waals surface area contributed by atoms with Crippen LogP contribution in [0.1, 0.15) is 5.56 Å². The fraction of sp³-hybridized carbons (Fsp3) is 0.333. The van der Waals surface area contributed by atoms with E-state index in [-0.39, 0.29) is 10.2 Å². The van der Waals surface area contributed by atoms with Crippen molar-refractivity contribution in [3.8, 4) is 0 Å². The van der Waals surface area contributed by atoms with Gasteiger partial charge in [-0.3, -0.25) is 4.72 Å². The van der Waals surface area contributed by atoms with E-state index in [0.717, 1.165) is 6.07 Å². The number of halogens is 2. The van der Waals surface area contributed by atoms with Gasteiger partial charge in [0.15, 0.2) is 0 Å². The summed E-state index contributed by atoms with van der Waals surface area (Å²) >= 11 is 3.00. The van der Waals surface area contributed by atoms with Crippen LogP contribution in [0.25, 0.3) is 0 Å². The number of aryl methyl sites for hydroxylation is 1. The minimum Gasteiger partial charge on any atom is -0.395 e. The Kier molecular flexibility index (Phi) is 4.28. The first kappa shape index (κ1) is 13.4. The molecule has 2 N–H and O–H groups in total. The second-order valence-corrected chi connectivity index (χ2v) is 5.92. The number of sulfonamides is 1. The fourth-order valence-corrected chi connectivity index (χ4v) is 2.45. The van der Waals surface area contributed by atoms with Crippen molar-refractivity contribution in [2.24, 2.45) is 0 Å². The van der Waals surface area contributed by atoms with E-state index in [4.69, 9.17) is 5.11 Å². The Balaban J connectivity index is 3.03. The lowest BCUT2D eigenvalue weighted by molar-refractivity contribution is 0.320. The summed E-state index contributed by atoms with van der Waals surface area (Å²) in [7, 11) is -3.62. The average molecular weight is 312 g/mol. The fourth-order valence-electron chi connectivity index (χ4n) is 1.09. The van der Waals surface area contributed by atoms with Crippen molar-refractivity contribution in [2.45, 2.75) is 6.92 Å². The maximum Gasteiger partial charge on any atom is 0.235 e. The van der Waals surface area contributed by atoms with Crippen molar-refractivity contribution < 1.29 is 17.9 Å². The Bertz CT molecular complexity index is 490. The van der Waals surface area contributed by atoms with Gasteiger partial charge in [-0.15, -0.1) is 0 Å². The third-order valence-electron chi connectivity index (χ3n) is 1.89. The van der Waals surface area contributed by atoms with Gasteiger partial charge in [-0.05, 0) is 40.5 Å². The summed E-state index contributed by atoms with van der Waals surface area (Å²) in [4.78, 5) is 0. The van der Waals surface area contributed by atoms with E-state index in [1.165, 1.54) is 6.07 Å². The monoisotopic (exact) mass is 311 g/mol. The predicted molar refractivity (Wildman–Crippen MR) is 63.3 cm³/mol. The van der Waals surface area contributed by atoms with Gasteiger partial charge in [-0.25, -0.2) is 12.8 Å². The summed E-state index contributed by atoms with van der Waals surface area (Å²) in [6.07, 6.45) is 0. The molecule has 0 amide bonds. The molecule has 0 aliphatic carbocycles. The van der Waals surface area contributed by atoms with Crippen molar-refractivity contribution in [1.82, 2.24) is 0 Å². The summed E-state index contributed by atoms with van der Waals surface area (Å²) in [5, 5.41) is 8.55. The van der Waals surface area contributed by atoms with Gasteiger partial charge in [0.25, 0.3) is 0 Å². The SMILES string of the molecule is Cc1cc(Br)c(F)cc1NS(=O)(=O)CCO. The molecule has 0 aliphatic rings. The molecule has 0 unspecified atom stereocenters. The highest BCUT2D eigenvalue weighted by Crippen LogP contribution is 2.24. The number of anilines is 1. The topological polar surface area (TPSA) is 66.4 Å². The summed E-state index contributed by atoms with van der Waals surface area (Å²) in [6, 6.07) is 2.57. The Labute approximate surface area is 102 Å². The van der Waals surface area contributed by atoms with Gasteiger partial charge in [0.05, 0.1) is 22.5 Å². The van der Waals surface area contributed by atoms with Crippen LogP contribution in [-0.2, 0) is 10.0 Å². The second kappa shape index (κ2) is 5.11. The molecule has 1 aromatic carbocycles. The Morgan fingerprint density at radius 2 is 2.12 bits per heavy atom. The molecule has 0 aliphatic heterocycles. The Morgan fingerprint density at radius 1 is 1.50 bits per heavy atom. The lowest BCUT2D eigenvalue weighted by Gasteiger charge is -2.10. The molecule has 0 aromatic heterocycles. The highest BCUT2D eigenvalue weighted by molar-refractivity contribution is 9.10. The van der Waals surface area contributed by atoms with E-state index < -0.39 is 28.2 Å². The Hall–Kier alpha value is -0.660. The summed E-state index contributed by atoms with van der Waals surface area (Å²) in [6.45, 7) is 1.17. The van der Waals surface area contributed by atoms with E-state index in [2.05, 4.69) is 20.7 Å². The molecule has 0 fully saturated rings. The third-order valence-corrected chi connectivity index (χ3v) is 3.75. The van der Waals surface area contributed by atoms with Crippen molar-refractivity contribution in [3.63, 3.8) is 0 Å². The molecular weight excluding hydrogens is 301 g/mol. The quantitative estimate of drug-likeness (QED) is 0.888. The first-order valence-electron chi connectivity index (χ1n) is 4.43. The van der Waals surface area contributed by atoms with Crippen LogP contribution >= 0.6 is 15.9 Å². The maximum atomic E-state index is 13.2. The van der Waals surface area contributed by atoms with Gasteiger partial charge in [0.1, 0.15) is 5.82 Å². The van der Waals surface area contributed by atoms with Gasteiger partial charge >= 0.3 is 0 Å². The number of benzene rings is 1. The molecule has 0 saturated heterocycles. The smallest absolute Gasteiger partial charge is 0.235 e. The third kappa shape index (κ3) is 3.43. The molecule has 7 heteroatoms. The lowest BCUT2D eigenvalue weighted by Crippen LogP contribution is -2.19. The van der Waals surface area contributed by atoms with E-state index in [1.807, 2.05) is 0 Å². The average Bonchev–Trinajstić information content (AvgIpc) is 2.13. The van der Waals surface area contributed by atoms with Gasteiger partial charge in [-0.1, -0.05) is 0 Å². The van der Waals surface area contributed by atoms with Crippen molar-refractivity contribution in [1.29, 1.82) is 0 Å². The molecule has 0 bridgehead atoms. The molecule has 0 radical (unpaired) electrons. The summed E-state index contributed by atoms with van der Waals surface area (Å²) in [5.74, 6) is -0.961. The van der Waals surface area contributed by atoms with Gasteiger partial charge in [-0.2, -0.15) is 0 Å². The van der Waals surface area contributed by atoms with Crippen LogP contribution in [0.2, 0.25) is 0 Å². The molecule has 16 heavy (non-hydrogen) atoms. The molecular formula is C9H11BrFNO3S. The van der Waals surface area contributed by atoms with Gasteiger partial charge in [0.2, 0.25) is 10.0 Å². The van der Waals surface area contributed by atoms with Crippen LogP contribution in [0.15, 0.2) is 16.6 Å². The molecule has 0 atom stereocenters. The zero-order chi connectivity index (χ0) is 12.3. The highest BCUT2D eigenvalue weighted by atomic mass is 79.9. The number of aliphatic hydroxyl groups excluding tert-OH is 1. The van der Waals surface area contributed by atoms with Crippen molar-refractivity contribution in [2.75, 3.05) is 17.1 Å². The van der Waals surface area contributed by atoms with Crippen LogP contribution in [0.5, 0.6) is 0 Å². The van der Waals surface area contributed by atoms with E-state index in [1.54, 1.807) is 6.92 Å². The predicted octanol–water partition coefficient (Wildman–Crippen LogP) is 1.63. The minimum absolute atomic E-state index is 0.175. The molecule has 4 nitrogen and oxygen atoms in total. The molecule has 0 saturated carbocycles. The number of hydrogen-bond donors (Lipinski definition) is 2. The normalized spacial score (nSPS) is 11.5. The summed E-state index contributed by atoms with van der Waals surface area (Å²) < 4.78 is 38.4. The van der Waals surface area contributed by atoms with Crippen LogP contribution in [0.4, 0.5) is 10.1 Å². The lowest BCUT2D eigenvalue weighted by atomic mass is 10.2. The second-order valence-electron chi connectivity index (χ2n) is 3.23. The Morgan fingerprint density at radius 3 is 2.69 bits per heavy atom. The van der Waals surface area contributed by atoms with Crippen molar-refractivity contribution in [3.05, 3.63) is 28.0 Å². The highest BCUT2D eigenvalue weighted by Gasteiger charge is 2.12. The molecule has 1 rings (SSSR count). The minimum atomic E-state index is -3.62. The first-order valence-corrected chi connectivity index (χ1v) is 6.87. The van der Waals surface area contributed by atoms with E-state index in [9.17, 15) is 12.8 Å². The molecule has 90 valence electrons. The van der Waals surface area contributed by atoms with Gasteiger partial charge < -0.3 is 5.11 Å². The van der Waals surface area contributed by atoms with Crippen LogP contribution in [0, 0.1) is 12.7 Å². The van der Waals surface area contributed by atoms with Crippen molar-refractivity contribution >= 4 is 31.6 Å². The molecule has 0 heterocycles. The molecule has 1 aromatic rings. The summed E-state index contributed by atoms with van der Waals surface area (Å²) in [5.41, 5.74) is 0.768. The van der Waals surface area contributed by atoms with Crippen LogP contribution < -0.4 is 4.72 Å². The maximum absolute atomic E-state index is 13.2. The molecule has 0 spiro atoms. The first-order chi connectivity index (χ1) is 7.35. The van der Waals surface area contributed by atoms with E-state index in [0.29, 0.717) is 5.56 Å². The van der Waals surface area contributed by atoms with Crippen LogP contribution in [0.3, 0.4) is 0 Å². The largest absolute Gasteiger partial charge is 0.395 e. The number of rotatable bonds is 4. The number of aliphatic hydroxyl groups is 1.